The third-order valence-corrected chi connectivity index (χ3v) is 4.66. The second-order valence-corrected chi connectivity index (χ2v) is 7.47. The van der Waals surface area contributed by atoms with Gasteiger partial charge >= 0.3 is 0 Å². The summed E-state index contributed by atoms with van der Waals surface area (Å²) < 4.78 is 2.59. The van der Waals surface area contributed by atoms with Gasteiger partial charge in [-0.1, -0.05) is 52.8 Å². The summed E-state index contributed by atoms with van der Waals surface area (Å²) in [6.07, 6.45) is 6.08. The van der Waals surface area contributed by atoms with Crippen LogP contribution in [0.2, 0.25) is 0 Å². The van der Waals surface area contributed by atoms with Crippen molar-refractivity contribution in [2.24, 2.45) is 11.8 Å². The SMILES string of the molecule is CCC(CC(C)C)(CC(C)C)n1cc(C)c2ccccc21. The van der Waals surface area contributed by atoms with Crippen molar-refractivity contribution in [2.75, 3.05) is 0 Å². The number of rotatable bonds is 6. The van der Waals surface area contributed by atoms with Crippen molar-refractivity contribution in [1.29, 1.82) is 0 Å². The van der Waals surface area contributed by atoms with E-state index in [9.17, 15) is 0 Å². The van der Waals surface area contributed by atoms with Crippen LogP contribution in [0.15, 0.2) is 30.5 Å². The van der Waals surface area contributed by atoms with E-state index in [1.807, 2.05) is 0 Å². The maximum absolute atomic E-state index is 2.59. The van der Waals surface area contributed by atoms with Gasteiger partial charge in [-0.25, -0.2) is 0 Å². The molecule has 0 atom stereocenters. The molecule has 0 aliphatic rings. The number of aromatic nitrogens is 1. The Bertz CT molecular complexity index is 579. The number of fused-ring (bicyclic) bond motifs is 1. The standard InChI is InChI=1S/C20H31N/c1-7-20(12-15(2)3,13-16(4)5)21-14-17(6)18-10-8-9-11-19(18)21/h8-11,14-16H,7,12-13H2,1-6H3. The van der Waals surface area contributed by atoms with E-state index in [1.54, 1.807) is 0 Å². The van der Waals surface area contributed by atoms with Crippen LogP contribution >= 0.6 is 0 Å². The Morgan fingerprint density at radius 1 is 1.00 bits per heavy atom. The van der Waals surface area contributed by atoms with Gasteiger partial charge in [-0.05, 0) is 49.7 Å². The highest BCUT2D eigenvalue weighted by Crippen LogP contribution is 2.39. The van der Waals surface area contributed by atoms with Gasteiger partial charge in [0.25, 0.3) is 0 Å². The van der Waals surface area contributed by atoms with Crippen molar-refractivity contribution in [1.82, 2.24) is 4.57 Å². The third kappa shape index (κ3) is 3.17. The maximum atomic E-state index is 2.59. The quantitative estimate of drug-likeness (QED) is 0.600. The predicted octanol–water partition coefficient (Wildman–Crippen LogP) is 6.15. The lowest BCUT2D eigenvalue weighted by Crippen LogP contribution is -2.35. The van der Waals surface area contributed by atoms with Crippen LogP contribution in [-0.2, 0) is 5.54 Å². The molecule has 2 rings (SSSR count). The summed E-state index contributed by atoms with van der Waals surface area (Å²) in [6.45, 7) is 14.0. The summed E-state index contributed by atoms with van der Waals surface area (Å²) in [5.41, 5.74) is 3.05. The molecule has 0 spiro atoms. The molecular formula is C20H31N. The fourth-order valence-electron chi connectivity index (χ4n) is 4.00. The average molecular weight is 285 g/mol. The lowest BCUT2D eigenvalue weighted by atomic mass is 9.79. The molecule has 1 heteroatoms. The predicted molar refractivity (Wildman–Crippen MR) is 93.9 cm³/mol. The molecule has 1 heterocycles. The first-order valence-corrected chi connectivity index (χ1v) is 8.47. The van der Waals surface area contributed by atoms with E-state index in [1.165, 1.54) is 35.7 Å². The summed E-state index contributed by atoms with van der Waals surface area (Å²) in [5, 5.41) is 1.41. The highest BCUT2D eigenvalue weighted by Gasteiger charge is 2.33. The van der Waals surface area contributed by atoms with Gasteiger partial charge in [-0.2, -0.15) is 0 Å². The molecule has 116 valence electrons. The lowest BCUT2D eigenvalue weighted by Gasteiger charge is -2.39. The summed E-state index contributed by atoms with van der Waals surface area (Å²) in [5.74, 6) is 1.43. The molecule has 0 saturated heterocycles. The number of hydrogen-bond acceptors (Lipinski definition) is 0. The normalized spacial score (nSPS) is 12.8. The van der Waals surface area contributed by atoms with Crippen LogP contribution in [0.4, 0.5) is 0 Å². The minimum atomic E-state index is 0.246. The highest BCUT2D eigenvalue weighted by molar-refractivity contribution is 5.84. The largest absolute Gasteiger partial charge is 0.341 e. The minimum Gasteiger partial charge on any atom is -0.341 e. The third-order valence-electron chi connectivity index (χ3n) is 4.66. The Hall–Kier alpha value is -1.24. The molecule has 1 nitrogen and oxygen atoms in total. The van der Waals surface area contributed by atoms with Crippen LogP contribution in [0.1, 0.15) is 59.4 Å². The fourth-order valence-corrected chi connectivity index (χ4v) is 4.00. The second-order valence-electron chi connectivity index (χ2n) is 7.47. The number of aryl methyl sites for hydroxylation is 1. The summed E-state index contributed by atoms with van der Waals surface area (Å²) in [7, 11) is 0. The fraction of sp³-hybridized carbons (Fsp3) is 0.600. The van der Waals surface area contributed by atoms with Gasteiger partial charge in [-0.3, -0.25) is 0 Å². The Balaban J connectivity index is 2.62. The van der Waals surface area contributed by atoms with Crippen LogP contribution in [0.5, 0.6) is 0 Å². The first-order valence-electron chi connectivity index (χ1n) is 8.47. The zero-order valence-electron chi connectivity index (χ0n) is 14.6. The van der Waals surface area contributed by atoms with E-state index < -0.39 is 0 Å². The molecule has 0 bridgehead atoms. The van der Waals surface area contributed by atoms with Gasteiger partial charge in [0.2, 0.25) is 0 Å². The van der Waals surface area contributed by atoms with Crippen molar-refractivity contribution in [3.63, 3.8) is 0 Å². The molecule has 0 unspecified atom stereocenters. The van der Waals surface area contributed by atoms with Gasteiger partial charge in [0, 0.05) is 22.6 Å². The smallest absolute Gasteiger partial charge is 0.0488 e. The van der Waals surface area contributed by atoms with E-state index in [4.69, 9.17) is 0 Å². The first-order chi connectivity index (χ1) is 9.89. The number of hydrogen-bond donors (Lipinski definition) is 0. The molecule has 2 aromatic rings. The monoisotopic (exact) mass is 285 g/mol. The molecule has 21 heavy (non-hydrogen) atoms. The Labute approximate surface area is 130 Å². The lowest BCUT2D eigenvalue weighted by molar-refractivity contribution is 0.183. The van der Waals surface area contributed by atoms with E-state index in [0.29, 0.717) is 11.8 Å². The summed E-state index contributed by atoms with van der Waals surface area (Å²) in [4.78, 5) is 0. The van der Waals surface area contributed by atoms with Crippen LogP contribution in [0.3, 0.4) is 0 Å². The van der Waals surface area contributed by atoms with Crippen molar-refractivity contribution >= 4 is 10.9 Å². The molecule has 0 aliphatic heterocycles. The minimum absolute atomic E-state index is 0.246. The molecule has 0 radical (unpaired) electrons. The number of nitrogens with zero attached hydrogens (tertiary/aromatic N) is 1. The maximum Gasteiger partial charge on any atom is 0.0488 e. The van der Waals surface area contributed by atoms with E-state index in [0.717, 1.165) is 0 Å². The van der Waals surface area contributed by atoms with E-state index >= 15 is 0 Å². The molecule has 0 N–H and O–H groups in total. The van der Waals surface area contributed by atoms with Gasteiger partial charge in [0.1, 0.15) is 0 Å². The molecule has 0 fully saturated rings. The van der Waals surface area contributed by atoms with Crippen molar-refractivity contribution in [3.05, 3.63) is 36.0 Å². The van der Waals surface area contributed by atoms with Crippen LogP contribution in [0.25, 0.3) is 10.9 Å². The second kappa shape index (κ2) is 6.25. The Morgan fingerprint density at radius 2 is 1.57 bits per heavy atom. The molecular weight excluding hydrogens is 254 g/mol. The molecule has 1 aromatic carbocycles. The number of benzene rings is 1. The van der Waals surface area contributed by atoms with Gasteiger partial charge in [0.05, 0.1) is 0 Å². The average Bonchev–Trinajstić information content (AvgIpc) is 2.75. The Morgan fingerprint density at radius 3 is 2.10 bits per heavy atom. The van der Waals surface area contributed by atoms with Crippen LogP contribution in [-0.4, -0.2) is 4.57 Å². The van der Waals surface area contributed by atoms with Crippen LogP contribution in [0, 0.1) is 18.8 Å². The van der Waals surface area contributed by atoms with Crippen molar-refractivity contribution < 1.29 is 0 Å². The van der Waals surface area contributed by atoms with Crippen molar-refractivity contribution in [2.45, 2.75) is 66.3 Å². The van der Waals surface area contributed by atoms with Crippen LogP contribution < -0.4 is 0 Å². The summed E-state index contributed by atoms with van der Waals surface area (Å²) >= 11 is 0. The van der Waals surface area contributed by atoms with E-state index in [-0.39, 0.29) is 5.54 Å². The highest BCUT2D eigenvalue weighted by atomic mass is 15.1. The zero-order chi connectivity index (χ0) is 15.6. The van der Waals surface area contributed by atoms with Crippen molar-refractivity contribution in [3.8, 4) is 0 Å². The van der Waals surface area contributed by atoms with E-state index in [2.05, 4.69) is 76.6 Å². The topological polar surface area (TPSA) is 4.93 Å². The molecule has 0 amide bonds. The molecule has 1 aromatic heterocycles. The van der Waals surface area contributed by atoms with Gasteiger partial charge in [0.15, 0.2) is 0 Å². The number of para-hydroxylation sites is 1. The summed E-state index contributed by atoms with van der Waals surface area (Å²) in [6, 6.07) is 8.86. The molecule has 0 saturated carbocycles. The van der Waals surface area contributed by atoms with Gasteiger partial charge < -0.3 is 4.57 Å². The molecule has 0 aliphatic carbocycles. The van der Waals surface area contributed by atoms with Gasteiger partial charge in [-0.15, -0.1) is 0 Å². The zero-order valence-corrected chi connectivity index (χ0v) is 14.6. The first kappa shape index (κ1) is 16.1. The Kier molecular flexibility index (Phi) is 4.81.